The molecule has 1 aliphatic rings. The Kier molecular flexibility index (Phi) is 4.94. The van der Waals surface area contributed by atoms with Crippen LogP contribution in [-0.2, 0) is 6.61 Å². The fourth-order valence-electron chi connectivity index (χ4n) is 2.79. The Hall–Kier alpha value is -2.67. The van der Waals surface area contributed by atoms with E-state index in [1.165, 1.54) is 12.1 Å². The molecule has 1 fully saturated rings. The minimum atomic E-state index is -0.344. The average molecular weight is 430 g/mol. The molecular formula is C20H17BrFN3O2. The molecule has 1 amide bonds. The van der Waals surface area contributed by atoms with Crippen molar-refractivity contribution in [2.24, 2.45) is 0 Å². The van der Waals surface area contributed by atoms with Crippen molar-refractivity contribution in [2.75, 3.05) is 5.32 Å². The molecule has 138 valence electrons. The third kappa shape index (κ3) is 4.19. The van der Waals surface area contributed by atoms with Crippen LogP contribution in [-0.4, -0.2) is 16.1 Å². The quantitative estimate of drug-likeness (QED) is 0.577. The van der Waals surface area contributed by atoms with Crippen LogP contribution in [0.15, 0.2) is 53.0 Å². The Morgan fingerprint density at radius 2 is 2.07 bits per heavy atom. The zero-order valence-corrected chi connectivity index (χ0v) is 15.9. The number of anilines is 1. The summed E-state index contributed by atoms with van der Waals surface area (Å²) in [5.41, 5.74) is 2.83. The van der Waals surface area contributed by atoms with Gasteiger partial charge in [0.2, 0.25) is 0 Å². The number of nitrogens with zero attached hydrogens (tertiary/aromatic N) is 1. The van der Waals surface area contributed by atoms with E-state index < -0.39 is 0 Å². The third-order valence-electron chi connectivity index (χ3n) is 4.32. The van der Waals surface area contributed by atoms with Crippen molar-refractivity contribution >= 4 is 27.5 Å². The second kappa shape index (κ2) is 7.52. The molecule has 4 rings (SSSR count). The van der Waals surface area contributed by atoms with Gasteiger partial charge in [-0.05, 0) is 58.6 Å². The van der Waals surface area contributed by atoms with E-state index in [4.69, 9.17) is 4.74 Å². The summed E-state index contributed by atoms with van der Waals surface area (Å²) in [4.78, 5) is 12.5. The molecular weight excluding hydrogens is 413 g/mol. The number of amides is 1. The zero-order chi connectivity index (χ0) is 18.8. The van der Waals surface area contributed by atoms with Crippen LogP contribution in [0, 0.1) is 5.82 Å². The van der Waals surface area contributed by atoms with Crippen LogP contribution in [0.5, 0.6) is 5.75 Å². The van der Waals surface area contributed by atoms with Crippen molar-refractivity contribution in [3.05, 3.63) is 75.8 Å². The van der Waals surface area contributed by atoms with Gasteiger partial charge in [-0.15, -0.1) is 0 Å². The summed E-state index contributed by atoms with van der Waals surface area (Å²) in [6.45, 7) is 0.269. The third-order valence-corrected chi connectivity index (χ3v) is 5.12. The van der Waals surface area contributed by atoms with Gasteiger partial charge < -0.3 is 10.1 Å². The molecule has 27 heavy (non-hydrogen) atoms. The molecule has 1 heterocycles. The number of carbonyl (C=O) groups is 1. The van der Waals surface area contributed by atoms with E-state index in [0.717, 1.165) is 28.6 Å². The number of carbonyl (C=O) groups excluding carboxylic acids is 1. The van der Waals surface area contributed by atoms with E-state index >= 15 is 0 Å². The molecule has 2 aromatic carbocycles. The summed E-state index contributed by atoms with van der Waals surface area (Å²) in [6, 6.07) is 13.3. The standard InChI is InChI=1S/C20H17BrFN3O2/c21-17-18(13-7-8-13)24-25-19(17)20(26)23-15-5-1-3-12(9-15)11-27-16-6-2-4-14(22)10-16/h1-6,9-10,13H,7-8,11H2,(H,23,26)(H,24,25). The first-order chi connectivity index (χ1) is 13.1. The highest BCUT2D eigenvalue weighted by atomic mass is 79.9. The van der Waals surface area contributed by atoms with E-state index in [2.05, 4.69) is 31.4 Å². The summed E-state index contributed by atoms with van der Waals surface area (Å²) in [5.74, 6) is 0.297. The highest BCUT2D eigenvalue weighted by Gasteiger charge is 2.30. The van der Waals surface area contributed by atoms with Gasteiger partial charge in [-0.25, -0.2) is 4.39 Å². The summed E-state index contributed by atoms with van der Waals surface area (Å²) in [5, 5.41) is 9.94. The van der Waals surface area contributed by atoms with Gasteiger partial charge in [0, 0.05) is 17.7 Å². The fraction of sp³-hybridized carbons (Fsp3) is 0.200. The Labute approximate surface area is 164 Å². The van der Waals surface area contributed by atoms with Crippen molar-refractivity contribution < 1.29 is 13.9 Å². The van der Waals surface area contributed by atoms with Gasteiger partial charge in [-0.3, -0.25) is 9.89 Å². The lowest BCUT2D eigenvalue weighted by atomic mass is 10.2. The first-order valence-electron chi connectivity index (χ1n) is 8.62. The molecule has 0 atom stereocenters. The van der Waals surface area contributed by atoms with Gasteiger partial charge in [-0.1, -0.05) is 18.2 Å². The Morgan fingerprint density at radius 1 is 1.26 bits per heavy atom. The molecule has 0 aliphatic heterocycles. The monoisotopic (exact) mass is 429 g/mol. The predicted molar refractivity (Wildman–Crippen MR) is 103 cm³/mol. The topological polar surface area (TPSA) is 67.0 Å². The molecule has 7 heteroatoms. The molecule has 0 saturated heterocycles. The summed E-state index contributed by atoms with van der Waals surface area (Å²) in [6.07, 6.45) is 2.24. The maximum absolute atomic E-state index is 13.2. The highest BCUT2D eigenvalue weighted by molar-refractivity contribution is 9.10. The Morgan fingerprint density at radius 3 is 2.85 bits per heavy atom. The number of hydrogen-bond donors (Lipinski definition) is 2. The molecule has 3 aromatic rings. The molecule has 5 nitrogen and oxygen atoms in total. The van der Waals surface area contributed by atoms with Crippen molar-refractivity contribution in [1.29, 1.82) is 0 Å². The molecule has 2 N–H and O–H groups in total. The van der Waals surface area contributed by atoms with Gasteiger partial charge >= 0.3 is 0 Å². The van der Waals surface area contributed by atoms with Crippen LogP contribution >= 0.6 is 15.9 Å². The van der Waals surface area contributed by atoms with Crippen molar-refractivity contribution in [1.82, 2.24) is 10.2 Å². The molecule has 1 saturated carbocycles. The number of benzene rings is 2. The largest absolute Gasteiger partial charge is 0.489 e. The van der Waals surface area contributed by atoms with Gasteiger partial charge in [0.1, 0.15) is 18.2 Å². The van der Waals surface area contributed by atoms with Crippen molar-refractivity contribution in [2.45, 2.75) is 25.4 Å². The first-order valence-corrected chi connectivity index (χ1v) is 9.42. The maximum Gasteiger partial charge on any atom is 0.277 e. The van der Waals surface area contributed by atoms with E-state index in [-0.39, 0.29) is 18.3 Å². The van der Waals surface area contributed by atoms with Gasteiger partial charge in [0.05, 0.1) is 10.2 Å². The van der Waals surface area contributed by atoms with Crippen LogP contribution in [0.1, 0.15) is 40.5 Å². The van der Waals surface area contributed by atoms with Crippen LogP contribution < -0.4 is 10.1 Å². The van der Waals surface area contributed by atoms with E-state index in [0.29, 0.717) is 23.0 Å². The summed E-state index contributed by atoms with van der Waals surface area (Å²) < 4.78 is 19.5. The SMILES string of the molecule is O=C(Nc1cccc(COc2cccc(F)c2)c1)c1n[nH]c(C2CC2)c1Br. The minimum Gasteiger partial charge on any atom is -0.489 e. The lowest BCUT2D eigenvalue weighted by Crippen LogP contribution is -2.13. The number of H-pyrrole nitrogens is 1. The number of hydrogen-bond acceptors (Lipinski definition) is 3. The highest BCUT2D eigenvalue weighted by Crippen LogP contribution is 2.42. The number of rotatable bonds is 6. The molecule has 1 aliphatic carbocycles. The second-order valence-electron chi connectivity index (χ2n) is 6.47. The molecule has 0 bridgehead atoms. The number of nitrogens with one attached hydrogen (secondary N) is 2. The number of aromatic nitrogens is 2. The van der Waals surface area contributed by atoms with Crippen molar-refractivity contribution in [3.8, 4) is 5.75 Å². The van der Waals surface area contributed by atoms with Crippen LogP contribution in [0.4, 0.5) is 10.1 Å². The van der Waals surface area contributed by atoms with E-state index in [1.807, 2.05) is 18.2 Å². The second-order valence-corrected chi connectivity index (χ2v) is 7.27. The number of aromatic amines is 1. The lowest BCUT2D eigenvalue weighted by Gasteiger charge is -2.09. The van der Waals surface area contributed by atoms with Crippen LogP contribution in [0.3, 0.4) is 0 Å². The number of halogens is 2. The summed E-state index contributed by atoms with van der Waals surface area (Å²) >= 11 is 3.47. The predicted octanol–water partition coefficient (Wildman–Crippen LogP) is 5.02. The van der Waals surface area contributed by atoms with Gasteiger partial charge in [0.15, 0.2) is 5.69 Å². The summed E-state index contributed by atoms with van der Waals surface area (Å²) in [7, 11) is 0. The Balaban J connectivity index is 1.42. The van der Waals surface area contributed by atoms with E-state index in [9.17, 15) is 9.18 Å². The molecule has 0 radical (unpaired) electrons. The average Bonchev–Trinajstić information content (AvgIpc) is 3.42. The maximum atomic E-state index is 13.2. The Bertz CT molecular complexity index is 985. The van der Waals surface area contributed by atoms with E-state index in [1.54, 1.807) is 18.2 Å². The molecule has 1 aromatic heterocycles. The lowest BCUT2D eigenvalue weighted by molar-refractivity contribution is 0.102. The van der Waals surface area contributed by atoms with Crippen LogP contribution in [0.2, 0.25) is 0 Å². The normalized spacial score (nSPS) is 13.4. The zero-order valence-electron chi connectivity index (χ0n) is 14.3. The minimum absolute atomic E-state index is 0.269. The fourth-order valence-corrected chi connectivity index (χ4v) is 3.47. The van der Waals surface area contributed by atoms with Crippen molar-refractivity contribution in [3.63, 3.8) is 0 Å². The van der Waals surface area contributed by atoms with Gasteiger partial charge in [-0.2, -0.15) is 5.10 Å². The molecule has 0 unspecified atom stereocenters. The van der Waals surface area contributed by atoms with Gasteiger partial charge in [0.25, 0.3) is 5.91 Å². The number of ether oxygens (including phenoxy) is 1. The van der Waals surface area contributed by atoms with Crippen LogP contribution in [0.25, 0.3) is 0 Å². The molecule has 0 spiro atoms. The smallest absolute Gasteiger partial charge is 0.277 e. The first kappa shape index (κ1) is 17.7.